The van der Waals surface area contributed by atoms with Gasteiger partial charge in [-0.05, 0) is 48.4 Å². The summed E-state index contributed by atoms with van der Waals surface area (Å²) in [5, 5.41) is 4.38. The van der Waals surface area contributed by atoms with Crippen molar-refractivity contribution < 1.29 is 9.13 Å². The Hall–Kier alpha value is -2.69. The first kappa shape index (κ1) is 14.3. The van der Waals surface area contributed by atoms with Crippen LogP contribution in [0.5, 0.6) is 5.75 Å². The van der Waals surface area contributed by atoms with Crippen molar-refractivity contribution in [2.24, 2.45) is 0 Å². The summed E-state index contributed by atoms with van der Waals surface area (Å²) in [5.74, 6) is 0.510. The topological polar surface area (TPSA) is 63.1 Å². The quantitative estimate of drug-likeness (QED) is 0.631. The number of ether oxygens (including phenoxy) is 1. The van der Waals surface area contributed by atoms with Crippen LogP contribution in [0.3, 0.4) is 0 Å². The standard InChI is InChI=1S/C17H18FN3O/c1-22-13-3-5-16-14(9-13)11(10-21-16)6-7-20-17-4-2-12(18)8-15(17)19/h2-5,8-10,20-21H,6-7,19H2,1H3. The summed E-state index contributed by atoms with van der Waals surface area (Å²) < 4.78 is 18.3. The van der Waals surface area contributed by atoms with E-state index in [1.165, 1.54) is 17.7 Å². The summed E-state index contributed by atoms with van der Waals surface area (Å²) >= 11 is 0. The summed E-state index contributed by atoms with van der Waals surface area (Å²) in [7, 11) is 1.66. The fourth-order valence-corrected chi connectivity index (χ4v) is 2.52. The molecule has 2 aromatic carbocycles. The number of nitrogens with two attached hydrogens (primary N) is 1. The summed E-state index contributed by atoms with van der Waals surface area (Å²) in [4.78, 5) is 3.25. The molecule has 0 unspecified atom stereocenters. The van der Waals surface area contributed by atoms with Crippen molar-refractivity contribution in [2.45, 2.75) is 6.42 Å². The number of hydrogen-bond donors (Lipinski definition) is 3. The maximum Gasteiger partial charge on any atom is 0.125 e. The van der Waals surface area contributed by atoms with E-state index < -0.39 is 0 Å². The Morgan fingerprint density at radius 3 is 2.86 bits per heavy atom. The van der Waals surface area contributed by atoms with Gasteiger partial charge in [-0.25, -0.2) is 4.39 Å². The number of aromatic amines is 1. The Bertz CT molecular complexity index is 798. The minimum Gasteiger partial charge on any atom is -0.497 e. The predicted octanol–water partition coefficient (Wildman–Crippen LogP) is 3.55. The summed E-state index contributed by atoms with van der Waals surface area (Å²) in [6.07, 6.45) is 2.82. The maximum atomic E-state index is 13.0. The van der Waals surface area contributed by atoms with Gasteiger partial charge in [0.25, 0.3) is 0 Å². The molecule has 3 aromatic rings. The van der Waals surface area contributed by atoms with Gasteiger partial charge in [-0.15, -0.1) is 0 Å². The van der Waals surface area contributed by atoms with Gasteiger partial charge >= 0.3 is 0 Å². The van der Waals surface area contributed by atoms with E-state index >= 15 is 0 Å². The molecule has 4 nitrogen and oxygen atoms in total. The number of H-pyrrole nitrogens is 1. The van der Waals surface area contributed by atoms with E-state index in [4.69, 9.17) is 10.5 Å². The molecule has 0 fully saturated rings. The van der Waals surface area contributed by atoms with Crippen LogP contribution in [0.2, 0.25) is 0 Å². The highest BCUT2D eigenvalue weighted by molar-refractivity contribution is 5.84. The zero-order chi connectivity index (χ0) is 15.5. The van der Waals surface area contributed by atoms with Gasteiger partial charge in [0.05, 0.1) is 18.5 Å². The average molecular weight is 299 g/mol. The fourth-order valence-electron chi connectivity index (χ4n) is 2.52. The van der Waals surface area contributed by atoms with Crippen molar-refractivity contribution in [3.8, 4) is 5.75 Å². The molecule has 4 N–H and O–H groups in total. The molecule has 0 saturated heterocycles. The maximum absolute atomic E-state index is 13.0. The van der Waals surface area contributed by atoms with Gasteiger partial charge in [-0.3, -0.25) is 0 Å². The molecule has 0 bridgehead atoms. The first-order chi connectivity index (χ1) is 10.7. The number of nitrogens with one attached hydrogen (secondary N) is 2. The van der Waals surface area contributed by atoms with E-state index in [1.54, 1.807) is 13.2 Å². The van der Waals surface area contributed by atoms with Crippen LogP contribution in [0.25, 0.3) is 10.9 Å². The monoisotopic (exact) mass is 299 g/mol. The molecule has 0 radical (unpaired) electrons. The van der Waals surface area contributed by atoms with E-state index in [2.05, 4.69) is 10.3 Å². The van der Waals surface area contributed by atoms with Gasteiger partial charge in [0.1, 0.15) is 11.6 Å². The van der Waals surface area contributed by atoms with Crippen LogP contribution in [0.4, 0.5) is 15.8 Å². The molecular weight excluding hydrogens is 281 g/mol. The molecule has 0 aliphatic rings. The molecule has 0 amide bonds. The van der Waals surface area contributed by atoms with Gasteiger partial charge in [0.2, 0.25) is 0 Å². The second-order valence-corrected chi connectivity index (χ2v) is 5.13. The van der Waals surface area contributed by atoms with Crippen molar-refractivity contribution in [3.05, 3.63) is 54.0 Å². The van der Waals surface area contributed by atoms with Crippen LogP contribution in [0.1, 0.15) is 5.56 Å². The highest BCUT2D eigenvalue weighted by Crippen LogP contribution is 2.24. The number of hydrogen-bond acceptors (Lipinski definition) is 3. The third-order valence-electron chi connectivity index (χ3n) is 3.70. The summed E-state index contributed by atoms with van der Waals surface area (Å²) in [5.41, 5.74) is 9.23. The second kappa shape index (κ2) is 5.97. The second-order valence-electron chi connectivity index (χ2n) is 5.13. The molecule has 1 aromatic heterocycles. The number of methoxy groups -OCH3 is 1. The number of rotatable bonds is 5. The van der Waals surface area contributed by atoms with E-state index in [1.807, 2.05) is 24.4 Å². The van der Waals surface area contributed by atoms with Crippen LogP contribution >= 0.6 is 0 Å². The number of nitrogen functional groups attached to an aromatic ring is 1. The van der Waals surface area contributed by atoms with Crippen molar-refractivity contribution in [1.82, 2.24) is 4.98 Å². The Labute approximate surface area is 128 Å². The molecule has 0 atom stereocenters. The molecule has 1 heterocycles. The number of fused-ring (bicyclic) bond motifs is 1. The van der Waals surface area contributed by atoms with Crippen LogP contribution < -0.4 is 15.8 Å². The highest BCUT2D eigenvalue weighted by atomic mass is 19.1. The Balaban J connectivity index is 1.71. The molecule has 0 spiro atoms. The van der Waals surface area contributed by atoms with Crippen LogP contribution in [0.15, 0.2) is 42.6 Å². The lowest BCUT2D eigenvalue weighted by atomic mass is 10.1. The third kappa shape index (κ3) is 2.83. The predicted molar refractivity (Wildman–Crippen MR) is 87.9 cm³/mol. The molecule has 5 heteroatoms. The van der Waals surface area contributed by atoms with Crippen LogP contribution in [0, 0.1) is 5.82 Å². The number of benzene rings is 2. The van der Waals surface area contributed by atoms with Gasteiger partial charge in [-0.2, -0.15) is 0 Å². The molecule has 114 valence electrons. The molecule has 22 heavy (non-hydrogen) atoms. The average Bonchev–Trinajstić information content (AvgIpc) is 2.92. The zero-order valence-corrected chi connectivity index (χ0v) is 12.3. The minimum absolute atomic E-state index is 0.327. The smallest absolute Gasteiger partial charge is 0.125 e. The lowest BCUT2D eigenvalue weighted by Crippen LogP contribution is -2.06. The SMILES string of the molecule is COc1ccc2[nH]cc(CCNc3ccc(F)cc3N)c2c1. The van der Waals surface area contributed by atoms with Gasteiger partial charge in [-0.1, -0.05) is 0 Å². The van der Waals surface area contributed by atoms with E-state index in [0.29, 0.717) is 12.2 Å². The summed E-state index contributed by atoms with van der Waals surface area (Å²) in [6, 6.07) is 10.3. The van der Waals surface area contributed by atoms with Crippen molar-refractivity contribution in [2.75, 3.05) is 24.7 Å². The number of anilines is 2. The first-order valence-electron chi connectivity index (χ1n) is 7.10. The van der Waals surface area contributed by atoms with Crippen molar-refractivity contribution in [3.63, 3.8) is 0 Å². The lowest BCUT2D eigenvalue weighted by Gasteiger charge is -2.09. The van der Waals surface area contributed by atoms with E-state index in [0.717, 1.165) is 28.8 Å². The zero-order valence-electron chi connectivity index (χ0n) is 12.3. The largest absolute Gasteiger partial charge is 0.497 e. The highest BCUT2D eigenvalue weighted by Gasteiger charge is 2.06. The molecule has 0 saturated carbocycles. The Morgan fingerprint density at radius 1 is 1.23 bits per heavy atom. The normalized spacial score (nSPS) is 10.8. The molecular formula is C17H18FN3O. The lowest BCUT2D eigenvalue weighted by molar-refractivity contribution is 0.415. The first-order valence-corrected chi connectivity index (χ1v) is 7.10. The van der Waals surface area contributed by atoms with Crippen molar-refractivity contribution >= 4 is 22.3 Å². The summed E-state index contributed by atoms with van der Waals surface area (Å²) in [6.45, 7) is 0.708. The fraction of sp³-hybridized carbons (Fsp3) is 0.176. The third-order valence-corrected chi connectivity index (χ3v) is 3.70. The van der Waals surface area contributed by atoms with E-state index in [-0.39, 0.29) is 5.82 Å². The van der Waals surface area contributed by atoms with Gasteiger partial charge < -0.3 is 20.8 Å². The van der Waals surface area contributed by atoms with Crippen LogP contribution in [-0.4, -0.2) is 18.6 Å². The Morgan fingerprint density at radius 2 is 2.09 bits per heavy atom. The van der Waals surface area contributed by atoms with Gasteiger partial charge in [0, 0.05) is 23.6 Å². The number of halogens is 1. The van der Waals surface area contributed by atoms with E-state index in [9.17, 15) is 4.39 Å². The van der Waals surface area contributed by atoms with Crippen molar-refractivity contribution in [1.29, 1.82) is 0 Å². The minimum atomic E-state index is -0.327. The molecule has 0 aliphatic heterocycles. The number of aromatic nitrogens is 1. The molecule has 3 rings (SSSR count). The Kier molecular flexibility index (Phi) is 3.87. The van der Waals surface area contributed by atoms with Gasteiger partial charge in [0.15, 0.2) is 0 Å². The van der Waals surface area contributed by atoms with Crippen LogP contribution in [-0.2, 0) is 6.42 Å². The molecule has 0 aliphatic carbocycles.